The molecule has 1 aromatic rings. The summed E-state index contributed by atoms with van der Waals surface area (Å²) in [5.41, 5.74) is 2.31. The number of nitrogens with one attached hydrogen (secondary N) is 1. The lowest BCUT2D eigenvalue weighted by Crippen LogP contribution is -2.59. The van der Waals surface area contributed by atoms with Crippen LogP contribution in [0.5, 0.6) is 0 Å². The molecule has 0 spiro atoms. The first-order valence-electron chi connectivity index (χ1n) is 7.15. The van der Waals surface area contributed by atoms with Gasteiger partial charge in [0, 0.05) is 0 Å². The topological polar surface area (TPSA) is 69.6 Å². The van der Waals surface area contributed by atoms with Gasteiger partial charge in [-0.2, -0.15) is 0 Å². The third-order valence-electron chi connectivity index (χ3n) is 4.19. The molecule has 114 valence electrons. The van der Waals surface area contributed by atoms with Crippen LogP contribution in [0.15, 0.2) is 12.1 Å². The van der Waals surface area contributed by atoms with E-state index in [-0.39, 0.29) is 5.91 Å². The van der Waals surface area contributed by atoms with Crippen LogP contribution in [-0.2, 0) is 9.59 Å². The molecule has 1 aliphatic rings. The van der Waals surface area contributed by atoms with Gasteiger partial charge in [0.2, 0.25) is 0 Å². The van der Waals surface area contributed by atoms with E-state index in [9.17, 15) is 14.7 Å². The molecular weight excluding hydrogens is 268 g/mol. The second-order valence-electron chi connectivity index (χ2n) is 6.10. The first-order valence-corrected chi connectivity index (χ1v) is 7.15. The number of carboxylic acid groups (broad SMARTS) is 1. The molecule has 1 unspecified atom stereocenters. The molecule has 0 aromatic heterocycles. The van der Waals surface area contributed by atoms with Crippen LogP contribution in [0.4, 0.5) is 11.4 Å². The Bertz CT molecular complexity index is 608. The second-order valence-corrected chi connectivity index (χ2v) is 6.10. The average molecular weight is 290 g/mol. The molecule has 5 heteroatoms. The van der Waals surface area contributed by atoms with E-state index >= 15 is 0 Å². The zero-order chi connectivity index (χ0) is 15.9. The largest absolute Gasteiger partial charge is 0.480 e. The fourth-order valence-electron chi connectivity index (χ4n) is 2.57. The molecule has 1 aliphatic heterocycles. The van der Waals surface area contributed by atoms with Crippen LogP contribution in [0.1, 0.15) is 38.3 Å². The van der Waals surface area contributed by atoms with Crippen LogP contribution >= 0.6 is 0 Å². The van der Waals surface area contributed by atoms with Crippen LogP contribution < -0.4 is 10.2 Å². The van der Waals surface area contributed by atoms with Gasteiger partial charge in [0.15, 0.2) is 0 Å². The van der Waals surface area contributed by atoms with Crippen molar-refractivity contribution in [2.24, 2.45) is 0 Å². The van der Waals surface area contributed by atoms with Crippen LogP contribution in [0.3, 0.4) is 0 Å². The van der Waals surface area contributed by atoms with Crippen molar-refractivity contribution in [1.82, 2.24) is 0 Å². The molecule has 5 nitrogen and oxygen atoms in total. The fourth-order valence-corrected chi connectivity index (χ4v) is 2.57. The van der Waals surface area contributed by atoms with Gasteiger partial charge in [0.25, 0.3) is 5.91 Å². The summed E-state index contributed by atoms with van der Waals surface area (Å²) in [4.78, 5) is 25.7. The smallest absolute Gasteiger partial charge is 0.329 e. The zero-order valence-corrected chi connectivity index (χ0v) is 13.2. The summed E-state index contributed by atoms with van der Waals surface area (Å²) in [6, 6.07) is 3.47. The molecule has 1 atom stereocenters. The van der Waals surface area contributed by atoms with Gasteiger partial charge in [0.1, 0.15) is 11.6 Å². The van der Waals surface area contributed by atoms with Gasteiger partial charge in [-0.25, -0.2) is 4.79 Å². The molecular formula is C16H22N2O3. The molecule has 1 heterocycles. The minimum absolute atomic E-state index is 0.194. The molecule has 1 amide bonds. The maximum Gasteiger partial charge on any atom is 0.329 e. The number of hydrogen-bond acceptors (Lipinski definition) is 3. The van der Waals surface area contributed by atoms with Gasteiger partial charge in [-0.3, -0.25) is 9.69 Å². The molecule has 21 heavy (non-hydrogen) atoms. The van der Waals surface area contributed by atoms with Gasteiger partial charge in [-0.1, -0.05) is 6.92 Å². The fraction of sp³-hybridized carbons (Fsp3) is 0.500. The first kappa shape index (κ1) is 15.4. The SMILES string of the molecule is CCC1Nc2cc(C)c(C)cc2N(C(C)(C)C(=O)O)C1=O. The van der Waals surface area contributed by atoms with E-state index in [2.05, 4.69) is 5.32 Å². The number of fused-ring (bicyclic) bond motifs is 1. The molecule has 0 fully saturated rings. The summed E-state index contributed by atoms with van der Waals surface area (Å²) < 4.78 is 0. The van der Waals surface area contributed by atoms with E-state index in [1.807, 2.05) is 32.9 Å². The Balaban J connectivity index is 2.66. The van der Waals surface area contributed by atoms with Crippen molar-refractivity contribution in [2.75, 3.05) is 10.2 Å². The van der Waals surface area contributed by atoms with Crippen molar-refractivity contribution in [1.29, 1.82) is 0 Å². The molecule has 0 saturated carbocycles. The molecule has 0 saturated heterocycles. The number of nitrogens with zero attached hydrogens (tertiary/aromatic N) is 1. The molecule has 2 N–H and O–H groups in total. The summed E-state index contributed by atoms with van der Waals surface area (Å²) in [6.07, 6.45) is 0.609. The maximum absolute atomic E-state index is 12.7. The number of amides is 1. The summed E-state index contributed by atoms with van der Waals surface area (Å²) >= 11 is 0. The summed E-state index contributed by atoms with van der Waals surface area (Å²) in [5, 5.41) is 12.7. The highest BCUT2D eigenvalue weighted by Crippen LogP contribution is 2.38. The summed E-state index contributed by atoms with van der Waals surface area (Å²) in [5.74, 6) is -1.21. The van der Waals surface area contributed by atoms with Gasteiger partial charge in [-0.05, 0) is 57.4 Å². The Morgan fingerprint density at radius 3 is 2.43 bits per heavy atom. The van der Waals surface area contributed by atoms with Crippen molar-refractivity contribution in [3.8, 4) is 0 Å². The highest BCUT2D eigenvalue weighted by atomic mass is 16.4. The quantitative estimate of drug-likeness (QED) is 0.898. The van der Waals surface area contributed by atoms with Crippen molar-refractivity contribution in [3.63, 3.8) is 0 Å². The normalized spacial score (nSPS) is 18.2. The van der Waals surface area contributed by atoms with Crippen molar-refractivity contribution >= 4 is 23.3 Å². The van der Waals surface area contributed by atoms with Crippen LogP contribution in [0.2, 0.25) is 0 Å². The Morgan fingerprint density at radius 2 is 1.90 bits per heavy atom. The minimum Gasteiger partial charge on any atom is -0.480 e. The number of rotatable bonds is 3. The lowest BCUT2D eigenvalue weighted by Gasteiger charge is -2.42. The van der Waals surface area contributed by atoms with Gasteiger partial charge < -0.3 is 10.4 Å². The van der Waals surface area contributed by atoms with Crippen LogP contribution in [0.25, 0.3) is 0 Å². The van der Waals surface area contributed by atoms with Crippen molar-refractivity contribution in [3.05, 3.63) is 23.3 Å². The minimum atomic E-state index is -1.29. The van der Waals surface area contributed by atoms with Crippen molar-refractivity contribution < 1.29 is 14.7 Å². The lowest BCUT2D eigenvalue weighted by atomic mass is 9.95. The van der Waals surface area contributed by atoms with Gasteiger partial charge in [-0.15, -0.1) is 0 Å². The number of hydrogen-bond donors (Lipinski definition) is 2. The maximum atomic E-state index is 12.7. The van der Waals surface area contributed by atoms with E-state index in [1.165, 1.54) is 4.90 Å². The Kier molecular flexibility index (Phi) is 3.70. The number of carbonyl (C=O) groups excluding carboxylic acids is 1. The van der Waals surface area contributed by atoms with E-state index in [0.717, 1.165) is 16.8 Å². The Hall–Kier alpha value is -2.04. The number of anilines is 2. The van der Waals surface area contributed by atoms with Gasteiger partial charge in [0.05, 0.1) is 11.4 Å². The molecule has 1 aromatic carbocycles. The number of benzene rings is 1. The predicted molar refractivity (Wildman–Crippen MR) is 82.8 cm³/mol. The van der Waals surface area contributed by atoms with Gasteiger partial charge >= 0.3 is 5.97 Å². The number of aliphatic carboxylic acids is 1. The second kappa shape index (κ2) is 5.06. The summed E-state index contributed by atoms with van der Waals surface area (Å²) in [7, 11) is 0. The van der Waals surface area contributed by atoms with E-state index in [1.54, 1.807) is 13.8 Å². The summed E-state index contributed by atoms with van der Waals surface area (Å²) in [6.45, 7) is 8.99. The Labute approximate surface area is 125 Å². The highest BCUT2D eigenvalue weighted by Gasteiger charge is 2.44. The van der Waals surface area contributed by atoms with Crippen molar-refractivity contribution in [2.45, 2.75) is 52.6 Å². The van der Waals surface area contributed by atoms with E-state index in [4.69, 9.17) is 0 Å². The standard InChI is InChI=1S/C16H22N2O3/c1-6-11-14(19)18(16(4,5)15(20)21)13-8-10(3)9(2)7-12(13)17-11/h7-8,11,17H,6H2,1-5H3,(H,20,21). The molecule has 0 radical (unpaired) electrons. The van der Waals surface area contributed by atoms with Crippen LogP contribution in [0, 0.1) is 13.8 Å². The number of carbonyl (C=O) groups is 2. The molecule has 0 bridgehead atoms. The number of carboxylic acids is 1. The molecule has 0 aliphatic carbocycles. The third kappa shape index (κ3) is 2.37. The monoisotopic (exact) mass is 290 g/mol. The van der Waals surface area contributed by atoms with E-state index in [0.29, 0.717) is 12.1 Å². The van der Waals surface area contributed by atoms with E-state index < -0.39 is 17.6 Å². The van der Waals surface area contributed by atoms with Crippen LogP contribution in [-0.4, -0.2) is 28.6 Å². The third-order valence-corrected chi connectivity index (χ3v) is 4.19. The number of aryl methyl sites for hydroxylation is 2. The Morgan fingerprint density at radius 1 is 1.33 bits per heavy atom. The predicted octanol–water partition coefficient (Wildman–Crippen LogP) is 2.70. The highest BCUT2D eigenvalue weighted by molar-refractivity contribution is 6.09. The zero-order valence-electron chi connectivity index (χ0n) is 13.2. The molecule has 2 rings (SSSR count). The lowest BCUT2D eigenvalue weighted by molar-refractivity contribution is -0.144. The average Bonchev–Trinajstić information content (AvgIpc) is 2.39. The first-order chi connectivity index (χ1) is 9.70.